The fraction of sp³-hybridized carbons (Fsp3) is 0.235. The molecule has 3 rings (SSSR count). The molecule has 1 amide bonds. The minimum absolute atomic E-state index is 0.101. The van der Waals surface area contributed by atoms with Gasteiger partial charge < -0.3 is 4.90 Å². The van der Waals surface area contributed by atoms with E-state index in [0.717, 1.165) is 5.56 Å². The Morgan fingerprint density at radius 2 is 1.81 bits per heavy atom. The van der Waals surface area contributed by atoms with Crippen molar-refractivity contribution in [2.45, 2.75) is 4.90 Å². The molecule has 0 radical (unpaired) electrons. The fourth-order valence-electron chi connectivity index (χ4n) is 2.58. The van der Waals surface area contributed by atoms with E-state index in [1.165, 1.54) is 28.6 Å². The monoisotopic (exact) mass is 430 g/mol. The van der Waals surface area contributed by atoms with Gasteiger partial charge in [0.1, 0.15) is 0 Å². The number of benzene rings is 1. The second kappa shape index (κ2) is 8.10. The number of halogens is 2. The van der Waals surface area contributed by atoms with Gasteiger partial charge >= 0.3 is 0 Å². The van der Waals surface area contributed by atoms with Crippen molar-refractivity contribution in [3.8, 4) is 0 Å². The Morgan fingerprint density at radius 1 is 1.08 bits per heavy atom. The number of sulfonamides is 1. The van der Waals surface area contributed by atoms with Gasteiger partial charge in [0.15, 0.2) is 0 Å². The summed E-state index contributed by atoms with van der Waals surface area (Å²) in [6.45, 7) is 1.15. The standard InChI is InChI=1S/C17H16Cl2N2O3S2/c18-15-3-2-14(11-16(15)19)26(23,24)21-8-6-20(7-9-21)17(22)4-1-13-5-10-25-12-13/h1-5,10-12H,6-9H2. The molecule has 0 unspecified atom stereocenters. The minimum atomic E-state index is -3.66. The maximum Gasteiger partial charge on any atom is 0.246 e. The zero-order valence-corrected chi connectivity index (χ0v) is 16.8. The lowest BCUT2D eigenvalue weighted by Crippen LogP contribution is -2.50. The van der Waals surface area contributed by atoms with Gasteiger partial charge in [-0.15, -0.1) is 0 Å². The number of amides is 1. The molecule has 0 aliphatic carbocycles. The van der Waals surface area contributed by atoms with E-state index in [1.807, 2.05) is 16.8 Å². The maximum absolute atomic E-state index is 12.7. The highest BCUT2D eigenvalue weighted by Gasteiger charge is 2.29. The van der Waals surface area contributed by atoms with Crippen molar-refractivity contribution in [3.05, 3.63) is 56.7 Å². The normalized spacial score (nSPS) is 16.3. The van der Waals surface area contributed by atoms with E-state index in [9.17, 15) is 13.2 Å². The molecule has 0 spiro atoms. The van der Waals surface area contributed by atoms with Gasteiger partial charge in [-0.2, -0.15) is 15.6 Å². The van der Waals surface area contributed by atoms with Gasteiger partial charge in [0.05, 0.1) is 14.9 Å². The second-order valence-electron chi connectivity index (χ2n) is 5.70. The molecule has 2 aromatic rings. The first-order valence-electron chi connectivity index (χ1n) is 7.82. The molecule has 1 aromatic heterocycles. The van der Waals surface area contributed by atoms with E-state index in [-0.39, 0.29) is 28.9 Å². The van der Waals surface area contributed by atoms with Crippen LogP contribution in [0.15, 0.2) is 46.0 Å². The Morgan fingerprint density at radius 3 is 2.42 bits per heavy atom. The van der Waals surface area contributed by atoms with E-state index >= 15 is 0 Å². The predicted molar refractivity (Wildman–Crippen MR) is 105 cm³/mol. The smallest absolute Gasteiger partial charge is 0.246 e. The number of hydrogen-bond acceptors (Lipinski definition) is 4. The molecule has 5 nitrogen and oxygen atoms in total. The topological polar surface area (TPSA) is 57.7 Å². The first kappa shape index (κ1) is 19.4. The van der Waals surface area contributed by atoms with E-state index in [4.69, 9.17) is 23.2 Å². The Balaban J connectivity index is 1.64. The van der Waals surface area contributed by atoms with Crippen LogP contribution < -0.4 is 0 Å². The summed E-state index contributed by atoms with van der Waals surface area (Å²) in [6.07, 6.45) is 3.28. The number of carbonyl (C=O) groups excluding carboxylic acids is 1. The number of piperazine rings is 1. The second-order valence-corrected chi connectivity index (χ2v) is 9.23. The maximum atomic E-state index is 12.7. The van der Waals surface area contributed by atoms with Crippen molar-refractivity contribution < 1.29 is 13.2 Å². The average Bonchev–Trinajstić information content (AvgIpc) is 3.15. The summed E-state index contributed by atoms with van der Waals surface area (Å²) in [5, 5.41) is 4.39. The Labute approximate surface area is 166 Å². The summed E-state index contributed by atoms with van der Waals surface area (Å²) in [7, 11) is -3.66. The van der Waals surface area contributed by atoms with Crippen LogP contribution in [-0.2, 0) is 14.8 Å². The first-order valence-corrected chi connectivity index (χ1v) is 11.0. The molecule has 1 saturated heterocycles. The van der Waals surface area contributed by atoms with Gasteiger partial charge in [0, 0.05) is 32.3 Å². The van der Waals surface area contributed by atoms with Crippen LogP contribution in [0.3, 0.4) is 0 Å². The van der Waals surface area contributed by atoms with Gasteiger partial charge in [-0.05, 0) is 46.7 Å². The third-order valence-electron chi connectivity index (χ3n) is 4.04. The summed E-state index contributed by atoms with van der Waals surface area (Å²) in [6, 6.07) is 6.17. The van der Waals surface area contributed by atoms with E-state index < -0.39 is 10.0 Å². The summed E-state index contributed by atoms with van der Waals surface area (Å²) >= 11 is 13.3. The van der Waals surface area contributed by atoms with Crippen LogP contribution in [0.2, 0.25) is 10.0 Å². The van der Waals surface area contributed by atoms with Crippen LogP contribution in [0.5, 0.6) is 0 Å². The largest absolute Gasteiger partial charge is 0.337 e. The lowest BCUT2D eigenvalue weighted by atomic mass is 10.3. The molecule has 1 aliphatic rings. The molecule has 0 atom stereocenters. The average molecular weight is 431 g/mol. The Bertz CT molecular complexity index is 919. The van der Waals surface area contributed by atoms with Crippen LogP contribution >= 0.6 is 34.5 Å². The third kappa shape index (κ3) is 4.29. The van der Waals surface area contributed by atoms with Crippen LogP contribution in [-0.4, -0.2) is 49.7 Å². The van der Waals surface area contributed by atoms with Gasteiger partial charge in [0.2, 0.25) is 15.9 Å². The molecule has 1 aliphatic heterocycles. The molecular weight excluding hydrogens is 415 g/mol. The van der Waals surface area contributed by atoms with Crippen molar-refractivity contribution in [2.75, 3.05) is 26.2 Å². The summed E-state index contributed by atoms with van der Waals surface area (Å²) in [5.74, 6) is -0.122. The highest BCUT2D eigenvalue weighted by atomic mass is 35.5. The Hall–Kier alpha value is -1.38. The van der Waals surface area contributed by atoms with Gasteiger partial charge in [-0.25, -0.2) is 8.42 Å². The van der Waals surface area contributed by atoms with E-state index in [1.54, 1.807) is 22.3 Å². The summed E-state index contributed by atoms with van der Waals surface area (Å²) < 4.78 is 26.8. The SMILES string of the molecule is O=C(C=Cc1ccsc1)N1CCN(S(=O)(=O)c2ccc(Cl)c(Cl)c2)CC1. The van der Waals surface area contributed by atoms with Gasteiger partial charge in [-0.1, -0.05) is 23.2 Å². The fourth-order valence-corrected chi connectivity index (χ4v) is 5.02. The van der Waals surface area contributed by atoms with Crippen molar-refractivity contribution in [3.63, 3.8) is 0 Å². The highest BCUT2D eigenvalue weighted by Crippen LogP contribution is 2.27. The minimum Gasteiger partial charge on any atom is -0.337 e. The van der Waals surface area contributed by atoms with Crippen LogP contribution in [0, 0.1) is 0 Å². The molecule has 0 saturated carbocycles. The first-order chi connectivity index (χ1) is 12.4. The molecule has 1 fully saturated rings. The zero-order chi connectivity index (χ0) is 18.7. The molecule has 26 heavy (non-hydrogen) atoms. The van der Waals surface area contributed by atoms with E-state index in [0.29, 0.717) is 18.1 Å². The number of carbonyl (C=O) groups is 1. The van der Waals surface area contributed by atoms with Gasteiger partial charge in [-0.3, -0.25) is 4.79 Å². The summed E-state index contributed by atoms with van der Waals surface area (Å²) in [4.78, 5) is 14.0. The van der Waals surface area contributed by atoms with E-state index in [2.05, 4.69) is 0 Å². The molecule has 1 aromatic carbocycles. The van der Waals surface area contributed by atoms with Gasteiger partial charge in [0.25, 0.3) is 0 Å². The van der Waals surface area contributed by atoms with Crippen LogP contribution in [0.1, 0.15) is 5.56 Å². The molecular formula is C17H16Cl2N2O3S2. The molecule has 2 heterocycles. The number of hydrogen-bond donors (Lipinski definition) is 0. The summed E-state index contributed by atoms with van der Waals surface area (Å²) in [5.41, 5.74) is 0.976. The predicted octanol–water partition coefficient (Wildman–Crippen LogP) is 3.60. The quantitative estimate of drug-likeness (QED) is 0.696. The lowest BCUT2D eigenvalue weighted by Gasteiger charge is -2.33. The number of nitrogens with zero attached hydrogens (tertiary/aromatic N) is 2. The molecule has 0 bridgehead atoms. The number of rotatable bonds is 4. The van der Waals surface area contributed by atoms with Crippen molar-refractivity contribution in [1.82, 2.24) is 9.21 Å². The van der Waals surface area contributed by atoms with Crippen molar-refractivity contribution in [1.29, 1.82) is 0 Å². The molecule has 138 valence electrons. The number of thiophene rings is 1. The van der Waals surface area contributed by atoms with Crippen molar-refractivity contribution >= 4 is 56.5 Å². The Kier molecular flexibility index (Phi) is 6.04. The van der Waals surface area contributed by atoms with Crippen molar-refractivity contribution in [2.24, 2.45) is 0 Å². The van der Waals surface area contributed by atoms with Crippen LogP contribution in [0.4, 0.5) is 0 Å². The zero-order valence-electron chi connectivity index (χ0n) is 13.6. The highest BCUT2D eigenvalue weighted by molar-refractivity contribution is 7.89. The molecule has 9 heteroatoms. The molecule has 0 N–H and O–H groups in total. The lowest BCUT2D eigenvalue weighted by molar-refractivity contribution is -0.127. The third-order valence-corrected chi connectivity index (χ3v) is 7.38. The van der Waals surface area contributed by atoms with Crippen LogP contribution in [0.25, 0.3) is 6.08 Å².